The van der Waals surface area contributed by atoms with Crippen LogP contribution in [0.4, 0.5) is 0 Å². The molecule has 0 saturated carbocycles. The van der Waals surface area contributed by atoms with Gasteiger partial charge in [0.1, 0.15) is 4.88 Å². The number of hydrogen-bond donors (Lipinski definition) is 0. The normalized spacial score (nSPS) is 10.7. The van der Waals surface area contributed by atoms with E-state index < -0.39 is 0 Å². The fraction of sp³-hybridized carbons (Fsp3) is 0.235. The summed E-state index contributed by atoms with van der Waals surface area (Å²) in [4.78, 5) is 23.7. The van der Waals surface area contributed by atoms with Gasteiger partial charge in [0, 0.05) is 19.9 Å². The van der Waals surface area contributed by atoms with E-state index in [1.165, 1.54) is 11.3 Å². The molecular formula is C17H17N3O3S. The molecule has 0 N–H and O–H groups in total. The minimum atomic E-state index is -0.0898. The smallest absolute Gasteiger partial charge is 0.266 e. The Morgan fingerprint density at radius 3 is 2.92 bits per heavy atom. The fourth-order valence-electron chi connectivity index (χ4n) is 2.18. The van der Waals surface area contributed by atoms with Gasteiger partial charge in [-0.25, -0.2) is 4.98 Å². The molecule has 0 fully saturated rings. The molecule has 0 saturated heterocycles. The Bertz CT molecular complexity index is 772. The van der Waals surface area contributed by atoms with Crippen molar-refractivity contribution in [3.8, 4) is 10.8 Å². The SMILES string of the molecule is COCCN(Cc1ccccn1)C(=O)c1cnc(-c2ccco2)s1. The molecule has 0 spiro atoms. The standard InChI is InChI=1S/C17H17N3O3S/c1-22-10-8-20(12-13-5-2-3-7-18-13)17(21)15-11-19-16(24-15)14-6-4-9-23-14/h2-7,9,11H,8,10,12H2,1H3. The number of carbonyl (C=O) groups excluding carboxylic acids is 1. The van der Waals surface area contributed by atoms with Gasteiger partial charge in [0.05, 0.1) is 31.3 Å². The molecular weight excluding hydrogens is 326 g/mol. The van der Waals surface area contributed by atoms with Crippen LogP contribution in [0.2, 0.25) is 0 Å². The van der Waals surface area contributed by atoms with Crippen molar-refractivity contribution in [2.45, 2.75) is 6.54 Å². The second-order valence-corrected chi connectivity index (χ2v) is 6.08. The molecule has 0 aromatic carbocycles. The molecule has 1 amide bonds. The van der Waals surface area contributed by atoms with E-state index >= 15 is 0 Å². The van der Waals surface area contributed by atoms with Crippen LogP contribution in [0.25, 0.3) is 10.8 Å². The van der Waals surface area contributed by atoms with Crippen molar-refractivity contribution < 1.29 is 13.9 Å². The Hall–Kier alpha value is -2.51. The Morgan fingerprint density at radius 2 is 2.21 bits per heavy atom. The lowest BCUT2D eigenvalue weighted by atomic mass is 10.3. The lowest BCUT2D eigenvalue weighted by molar-refractivity contribution is 0.0682. The summed E-state index contributed by atoms with van der Waals surface area (Å²) in [5.41, 5.74) is 0.831. The molecule has 0 unspecified atom stereocenters. The lowest BCUT2D eigenvalue weighted by Crippen LogP contribution is -2.33. The summed E-state index contributed by atoms with van der Waals surface area (Å²) in [6.45, 7) is 1.37. The molecule has 0 atom stereocenters. The quantitative estimate of drug-likeness (QED) is 0.659. The molecule has 0 bridgehead atoms. The summed E-state index contributed by atoms with van der Waals surface area (Å²) >= 11 is 1.31. The van der Waals surface area contributed by atoms with Gasteiger partial charge in [0.25, 0.3) is 5.91 Å². The number of amides is 1. The van der Waals surface area contributed by atoms with Crippen molar-refractivity contribution in [2.24, 2.45) is 0 Å². The summed E-state index contributed by atoms with van der Waals surface area (Å²) in [5, 5.41) is 0.688. The van der Waals surface area contributed by atoms with E-state index in [9.17, 15) is 4.79 Å². The number of hydrogen-bond acceptors (Lipinski definition) is 6. The molecule has 3 heterocycles. The van der Waals surface area contributed by atoms with Crippen LogP contribution in [-0.2, 0) is 11.3 Å². The first kappa shape index (κ1) is 16.4. The van der Waals surface area contributed by atoms with Gasteiger partial charge in [-0.1, -0.05) is 6.07 Å². The molecule has 3 rings (SSSR count). The van der Waals surface area contributed by atoms with Gasteiger partial charge < -0.3 is 14.1 Å². The van der Waals surface area contributed by atoms with E-state index in [-0.39, 0.29) is 5.91 Å². The van der Waals surface area contributed by atoms with Crippen LogP contribution in [0.15, 0.2) is 53.4 Å². The highest BCUT2D eigenvalue weighted by molar-refractivity contribution is 7.16. The van der Waals surface area contributed by atoms with Crippen molar-refractivity contribution >= 4 is 17.2 Å². The average Bonchev–Trinajstić information content (AvgIpc) is 3.29. The number of ether oxygens (including phenoxy) is 1. The first-order valence-corrected chi connectivity index (χ1v) is 8.27. The Kier molecular flexibility index (Phi) is 5.35. The third kappa shape index (κ3) is 3.87. The van der Waals surface area contributed by atoms with Crippen molar-refractivity contribution in [1.82, 2.24) is 14.9 Å². The third-order valence-corrected chi connectivity index (χ3v) is 4.38. The summed E-state index contributed by atoms with van der Waals surface area (Å²) in [5.74, 6) is 0.570. The molecule has 7 heteroatoms. The van der Waals surface area contributed by atoms with E-state index in [1.54, 1.807) is 36.7 Å². The predicted molar refractivity (Wildman–Crippen MR) is 90.7 cm³/mol. The molecule has 0 aliphatic rings. The highest BCUT2D eigenvalue weighted by atomic mass is 32.1. The number of methoxy groups -OCH3 is 1. The Balaban J connectivity index is 1.77. The summed E-state index contributed by atoms with van der Waals surface area (Å²) in [7, 11) is 1.62. The van der Waals surface area contributed by atoms with E-state index in [0.29, 0.717) is 35.3 Å². The molecule has 24 heavy (non-hydrogen) atoms. The van der Waals surface area contributed by atoms with Crippen molar-refractivity contribution in [3.05, 3.63) is 59.6 Å². The molecule has 0 radical (unpaired) electrons. The molecule has 6 nitrogen and oxygen atoms in total. The third-order valence-electron chi connectivity index (χ3n) is 3.38. The minimum Gasteiger partial charge on any atom is -0.462 e. The number of thiazole rings is 1. The fourth-order valence-corrected chi connectivity index (χ4v) is 3.04. The molecule has 3 aromatic heterocycles. The zero-order valence-corrected chi connectivity index (χ0v) is 14.0. The Morgan fingerprint density at radius 1 is 1.29 bits per heavy atom. The number of furan rings is 1. The zero-order valence-electron chi connectivity index (χ0n) is 13.2. The topological polar surface area (TPSA) is 68.5 Å². The largest absolute Gasteiger partial charge is 0.462 e. The maximum absolute atomic E-state index is 12.8. The van der Waals surface area contributed by atoms with Gasteiger partial charge in [-0.05, 0) is 24.3 Å². The van der Waals surface area contributed by atoms with Crippen LogP contribution in [-0.4, -0.2) is 41.0 Å². The van der Waals surface area contributed by atoms with Crippen LogP contribution >= 0.6 is 11.3 Å². The van der Waals surface area contributed by atoms with Crippen LogP contribution in [0, 0.1) is 0 Å². The molecule has 0 aliphatic heterocycles. The van der Waals surface area contributed by atoms with Crippen molar-refractivity contribution in [3.63, 3.8) is 0 Å². The lowest BCUT2D eigenvalue weighted by Gasteiger charge is -2.21. The number of rotatable bonds is 7. The second kappa shape index (κ2) is 7.85. The highest BCUT2D eigenvalue weighted by Crippen LogP contribution is 2.26. The highest BCUT2D eigenvalue weighted by Gasteiger charge is 2.20. The van der Waals surface area contributed by atoms with E-state index in [0.717, 1.165) is 5.69 Å². The van der Waals surface area contributed by atoms with Gasteiger partial charge in [0.2, 0.25) is 0 Å². The van der Waals surface area contributed by atoms with E-state index in [4.69, 9.17) is 9.15 Å². The number of carbonyl (C=O) groups is 1. The number of pyridine rings is 1. The minimum absolute atomic E-state index is 0.0898. The van der Waals surface area contributed by atoms with Crippen molar-refractivity contribution in [1.29, 1.82) is 0 Å². The van der Waals surface area contributed by atoms with E-state index in [2.05, 4.69) is 9.97 Å². The van der Waals surface area contributed by atoms with Gasteiger partial charge >= 0.3 is 0 Å². The number of aromatic nitrogens is 2. The number of nitrogens with zero attached hydrogens (tertiary/aromatic N) is 3. The van der Waals surface area contributed by atoms with Crippen LogP contribution in [0.1, 0.15) is 15.4 Å². The van der Waals surface area contributed by atoms with Gasteiger partial charge in [-0.3, -0.25) is 9.78 Å². The van der Waals surface area contributed by atoms with Crippen molar-refractivity contribution in [2.75, 3.05) is 20.3 Å². The van der Waals surface area contributed by atoms with Crippen LogP contribution < -0.4 is 0 Å². The average molecular weight is 343 g/mol. The monoisotopic (exact) mass is 343 g/mol. The molecule has 0 aliphatic carbocycles. The maximum atomic E-state index is 12.8. The van der Waals surface area contributed by atoms with Crippen LogP contribution in [0.3, 0.4) is 0 Å². The van der Waals surface area contributed by atoms with Gasteiger partial charge in [-0.2, -0.15) is 0 Å². The summed E-state index contributed by atoms with van der Waals surface area (Å²) < 4.78 is 10.4. The summed E-state index contributed by atoms with van der Waals surface area (Å²) in [6, 6.07) is 9.27. The predicted octanol–water partition coefficient (Wildman–Crippen LogP) is 3.09. The van der Waals surface area contributed by atoms with Crippen LogP contribution in [0.5, 0.6) is 0 Å². The molecule has 124 valence electrons. The maximum Gasteiger partial charge on any atom is 0.266 e. The van der Waals surface area contributed by atoms with Gasteiger partial charge in [0.15, 0.2) is 10.8 Å². The van der Waals surface area contributed by atoms with Gasteiger partial charge in [-0.15, -0.1) is 11.3 Å². The van der Waals surface area contributed by atoms with E-state index in [1.807, 2.05) is 24.3 Å². The second-order valence-electron chi connectivity index (χ2n) is 5.05. The summed E-state index contributed by atoms with van der Waals surface area (Å²) in [6.07, 6.45) is 4.89. The zero-order chi connectivity index (χ0) is 16.8. The first-order chi connectivity index (χ1) is 11.8. The first-order valence-electron chi connectivity index (χ1n) is 7.46. The Labute approximate surface area is 143 Å². The molecule has 3 aromatic rings.